The zero-order valence-corrected chi connectivity index (χ0v) is 103. The third-order valence-electron chi connectivity index (χ3n) is 15.0. The second-order valence-corrected chi connectivity index (χ2v) is 263. The molecule has 8 rings (SSSR count). The molecule has 0 fully saturated rings. The predicted molar refractivity (Wildman–Crippen MR) is 538 cm³/mol. The Hall–Kier alpha value is 6.99. The maximum absolute atomic E-state index is 6.98. The van der Waals surface area contributed by atoms with Crippen LogP contribution >= 0.6 is 351 Å². The average molecular weight is 2860 g/mol. The molecule has 0 atom stereocenters. The van der Waals surface area contributed by atoms with E-state index in [0.29, 0.717) is 132 Å². The number of nitrogens with zero attached hydrogens (tertiary/aromatic N) is 12. The first-order chi connectivity index (χ1) is 53.0. The van der Waals surface area contributed by atoms with Gasteiger partial charge in [0.05, 0.1) is 124 Å². The third-order valence-corrected chi connectivity index (χ3v) is 18.2. The SMILES string of the molecule is Cc1nc(CCOCC(COCCc2nc(C)[n+](C(C)(C)C)n2-c2c(Cl)cc(Cl)cc2Cl)(COCCc2nc(C)[n+](C(C)(C)C)n2-c2c(Cl)cc(Cl)cc2Cl)COCCc2nc(C)[n+](C(C)(C)C)n2-c2c(Cl)cc(Cl)cc2Cl)n(-c2c(Cl)cc(Cl)cc2Cl)[n+]1C(C)(C)C.[Cl][Sb-]([Cl])([Cl])([Cl])([Cl])[Cl].[Cl][Sb-]([Cl])([Cl])([Cl])([Cl])[Cl].[Cl][Sb-]([Cl])([Cl])([Cl])([Cl])[Cl].[Cl][Sb-]([Cl])([Cl])([Cl])([Cl])[Cl]. The van der Waals surface area contributed by atoms with Crippen LogP contribution in [0.3, 0.4) is 0 Å². The first-order valence-electron chi connectivity index (χ1n) is 34.2. The molecule has 0 aliphatic carbocycles. The summed E-state index contributed by atoms with van der Waals surface area (Å²) in [6, 6.07) is 13.3. The van der Waals surface area contributed by atoms with Gasteiger partial charge in [0.15, 0.2) is 0 Å². The molecular formula is C65H80Cl36N12O4Sb4. The zero-order valence-electron chi connectivity index (χ0n) is 66.0. The number of aryl methyl sites for hydroxylation is 4. The van der Waals surface area contributed by atoms with Gasteiger partial charge in [0, 0.05) is 47.8 Å². The van der Waals surface area contributed by atoms with Crippen LogP contribution in [0.25, 0.3) is 22.7 Å². The van der Waals surface area contributed by atoms with Crippen molar-refractivity contribution in [2.24, 2.45) is 5.41 Å². The molecule has 4 heterocycles. The van der Waals surface area contributed by atoms with Crippen LogP contribution in [0.5, 0.6) is 0 Å². The van der Waals surface area contributed by atoms with E-state index in [1.54, 1.807) is 48.5 Å². The van der Waals surface area contributed by atoms with E-state index < -0.39 is 64.1 Å². The molecule has 0 unspecified atom stereocenters. The average Bonchev–Trinajstić information content (AvgIpc) is 1.63. The molecule has 8 aromatic rings. The van der Waals surface area contributed by atoms with E-state index in [9.17, 15) is 0 Å². The van der Waals surface area contributed by atoms with Crippen LogP contribution in [-0.2, 0) is 66.8 Å². The third kappa shape index (κ3) is 46.3. The fraction of sp³-hybridized carbons (Fsp3) is 0.508. The maximum atomic E-state index is 6.98. The van der Waals surface area contributed by atoms with Crippen molar-refractivity contribution >= 4 is 388 Å². The van der Waals surface area contributed by atoms with Gasteiger partial charge in [-0.1, -0.05) is 139 Å². The standard InChI is InChI=1S/C65H80Cl12N12O4.24ClH.4Sb/c1-37-78-53(82(86(37)61(5,6)7)57-45(70)25-41(66)26-46(57)71)17-21-90-33-65(34-91-22-18-54-79-38(2)87(62(8,9)10)83(54)58-47(72)27-42(67)28-48(58)73,35-92-23-19-55-80-39(3)88(63(11,12)13)84(55)59-49(74)29-43(68)30-50(59)75)36-93-24-20-56-81-40(4)89(64(14,15)16)85(56)60-51(76)31-44(69)32-52(60)77;;;;;;;;;;;;;;;;;;;;;;;;;;;;/h25-32H,17-24,33-36H2,1-16H3;24*1H;;;;/q+4;;;;;;;;;;;;;;;;;;;;;;;;;4*+5/p-24. The minimum absolute atomic E-state index is 0.0870. The molecule has 0 saturated carbocycles. The van der Waals surface area contributed by atoms with Crippen molar-refractivity contribution in [3.63, 3.8) is 0 Å². The van der Waals surface area contributed by atoms with Crippen molar-refractivity contribution in [1.29, 1.82) is 0 Å². The number of halogens is 36. The summed E-state index contributed by atoms with van der Waals surface area (Å²) < 4.78 is 43.6. The van der Waals surface area contributed by atoms with Gasteiger partial charge in [-0.25, -0.2) is 0 Å². The van der Waals surface area contributed by atoms with Crippen molar-refractivity contribution in [2.45, 2.75) is 159 Å². The van der Waals surface area contributed by atoms with E-state index in [1.807, 2.05) is 46.4 Å². The van der Waals surface area contributed by atoms with Crippen LogP contribution in [0.15, 0.2) is 48.5 Å². The van der Waals surface area contributed by atoms with Gasteiger partial charge in [-0.2, -0.15) is 0 Å². The van der Waals surface area contributed by atoms with Crippen molar-refractivity contribution in [3.8, 4) is 22.7 Å². The number of aromatic nitrogens is 12. The van der Waals surface area contributed by atoms with Gasteiger partial charge in [0.2, 0.25) is 0 Å². The molecule has 0 radical (unpaired) electrons. The Kier molecular flexibility index (Phi) is 41.0. The summed E-state index contributed by atoms with van der Waals surface area (Å²) in [5, 5.41) is 4.47. The molecule has 0 bridgehead atoms. The molecule has 4 aromatic carbocycles. The van der Waals surface area contributed by atoms with Crippen molar-refractivity contribution in [2.75, 3.05) is 52.9 Å². The Morgan fingerprint density at radius 1 is 0.256 bits per heavy atom. The van der Waals surface area contributed by atoms with Crippen LogP contribution in [0, 0.1) is 33.1 Å². The molecule has 121 heavy (non-hydrogen) atoms. The summed E-state index contributed by atoms with van der Waals surface area (Å²) in [6.07, 6.45) is 1.34. The number of hydrogen-bond acceptors (Lipinski definition) is 8. The fourth-order valence-corrected chi connectivity index (χ4v) is 15.8. The summed E-state index contributed by atoms with van der Waals surface area (Å²) in [6.45, 7) is 33.9. The number of benzene rings is 4. The van der Waals surface area contributed by atoms with Gasteiger partial charge in [0.1, 0.15) is 44.9 Å². The number of hydrogen-bond donors (Lipinski definition) is 0. The van der Waals surface area contributed by atoms with Crippen LogP contribution in [0.4, 0.5) is 0 Å². The van der Waals surface area contributed by atoms with Crippen molar-refractivity contribution in [1.82, 2.24) is 38.7 Å². The molecule has 696 valence electrons. The molecule has 56 heteroatoms. The van der Waals surface area contributed by atoms with Crippen LogP contribution in [0.1, 0.15) is 130 Å². The Labute approximate surface area is 844 Å². The van der Waals surface area contributed by atoms with E-state index in [2.05, 4.69) is 102 Å². The van der Waals surface area contributed by atoms with Gasteiger partial charge in [-0.3, -0.25) is 0 Å². The predicted octanol–water partition coefficient (Wildman–Crippen LogP) is 32.0. The van der Waals surface area contributed by atoms with Crippen LogP contribution < -0.4 is 18.7 Å². The van der Waals surface area contributed by atoms with E-state index in [1.165, 1.54) is 0 Å². The van der Waals surface area contributed by atoms with E-state index in [-0.39, 0.29) is 52.9 Å². The summed E-state index contributed by atoms with van der Waals surface area (Å²) in [4.78, 5) is 20.3. The Bertz CT molecular complexity index is 4330. The summed E-state index contributed by atoms with van der Waals surface area (Å²) in [5.74, 6) is 5.57. The fourth-order valence-electron chi connectivity index (χ4n) is 11.9. The summed E-state index contributed by atoms with van der Waals surface area (Å²) in [7, 11) is 99.9. The van der Waals surface area contributed by atoms with Gasteiger partial charge in [-0.05, 0) is 152 Å². The topological polar surface area (TPSA) is 124 Å². The Morgan fingerprint density at radius 3 is 0.496 bits per heavy atom. The van der Waals surface area contributed by atoms with Gasteiger partial charge in [-0.15, -0.1) is 37.5 Å². The molecule has 0 aliphatic rings. The van der Waals surface area contributed by atoms with Gasteiger partial charge < -0.3 is 18.9 Å². The van der Waals surface area contributed by atoms with E-state index in [0.717, 1.165) is 23.3 Å². The second-order valence-electron chi connectivity index (χ2n) is 30.9. The van der Waals surface area contributed by atoms with Crippen LogP contribution in [0.2, 0.25) is 60.3 Å². The molecule has 4 aromatic heterocycles. The van der Waals surface area contributed by atoms with Gasteiger partial charge in [0.25, 0.3) is 23.3 Å². The van der Waals surface area contributed by atoms with E-state index >= 15 is 0 Å². The first-order valence-corrected chi connectivity index (χ1v) is 116. The second kappa shape index (κ2) is 41.3. The number of rotatable bonds is 24. The zero-order chi connectivity index (χ0) is 94.4. The van der Waals surface area contributed by atoms with E-state index in [4.69, 9.17) is 390 Å². The summed E-state index contributed by atoms with van der Waals surface area (Å²) in [5.41, 5.74) is -0.658. The monoisotopic (exact) mass is 2840 g/mol. The summed E-state index contributed by atoms with van der Waals surface area (Å²) >= 11 is 81.7. The van der Waals surface area contributed by atoms with Crippen LogP contribution in [-0.4, -0.2) is 128 Å². The normalized spacial score (nSPS) is 15.2. The molecule has 16 nitrogen and oxygen atoms in total. The molecule has 0 aliphatic heterocycles. The molecule has 0 N–H and O–H groups in total. The first kappa shape index (κ1) is 120. The molecular weight excluding hydrogens is 2780 g/mol. The molecule has 0 saturated heterocycles. The number of ether oxygens (including phenoxy) is 4. The molecule has 0 amide bonds. The van der Waals surface area contributed by atoms with Gasteiger partial charge >= 0.3 is 272 Å². The molecule has 0 spiro atoms. The minimum atomic E-state index is -5.42. The Balaban J connectivity index is 0.000000938. The van der Waals surface area contributed by atoms with Crippen molar-refractivity contribution < 1.29 is 37.7 Å². The quantitative estimate of drug-likeness (QED) is 0.0333. The van der Waals surface area contributed by atoms with Crippen molar-refractivity contribution in [3.05, 3.63) is 155 Å². The Morgan fingerprint density at radius 2 is 0.380 bits per heavy atom.